The van der Waals surface area contributed by atoms with Crippen molar-refractivity contribution in [1.82, 2.24) is 19.1 Å². The number of aryl methyl sites for hydroxylation is 5. The molecule has 6 rings (SSSR count). The van der Waals surface area contributed by atoms with Crippen molar-refractivity contribution in [3.63, 3.8) is 0 Å². The van der Waals surface area contributed by atoms with Crippen molar-refractivity contribution in [2.75, 3.05) is 0 Å². The quantitative estimate of drug-likeness (QED) is 0.129. The molecule has 0 saturated carbocycles. The van der Waals surface area contributed by atoms with E-state index in [0.717, 1.165) is 42.0 Å². The van der Waals surface area contributed by atoms with Gasteiger partial charge in [-0.2, -0.15) is 0 Å². The molecule has 1 radical (unpaired) electrons. The Morgan fingerprint density at radius 2 is 1.17 bits per heavy atom. The minimum atomic E-state index is 0. The summed E-state index contributed by atoms with van der Waals surface area (Å²) in [6.07, 6.45) is 11.4. The van der Waals surface area contributed by atoms with Crippen LogP contribution in [0.4, 0.5) is 0 Å². The van der Waals surface area contributed by atoms with Crippen molar-refractivity contribution >= 4 is 0 Å². The summed E-state index contributed by atoms with van der Waals surface area (Å²) in [5.41, 5.74) is 11.9. The number of ether oxygens (including phenoxy) is 1. The van der Waals surface area contributed by atoms with Crippen molar-refractivity contribution in [1.29, 1.82) is 0 Å². The van der Waals surface area contributed by atoms with Gasteiger partial charge in [0.1, 0.15) is 0 Å². The van der Waals surface area contributed by atoms with Crippen molar-refractivity contribution in [3.05, 3.63) is 143 Å². The van der Waals surface area contributed by atoms with Crippen LogP contribution < -0.4 is 0 Å². The molecule has 0 aliphatic carbocycles. The van der Waals surface area contributed by atoms with Crippen LogP contribution in [0.2, 0.25) is 0 Å². The molecule has 6 aromatic rings. The number of rotatable bonds is 10. The molecule has 0 amide bonds. The summed E-state index contributed by atoms with van der Waals surface area (Å²) in [5.74, 6) is 1.85. The first-order valence-corrected chi connectivity index (χ1v) is 16.6. The van der Waals surface area contributed by atoms with E-state index < -0.39 is 0 Å². The predicted octanol–water partition coefficient (Wildman–Crippen LogP) is 10.3. The summed E-state index contributed by atoms with van der Waals surface area (Å²) in [7, 11) is 0. The van der Waals surface area contributed by atoms with Crippen LogP contribution in [0.1, 0.15) is 66.5 Å². The molecule has 0 fully saturated rings. The van der Waals surface area contributed by atoms with E-state index in [-0.39, 0.29) is 20.1 Å². The van der Waals surface area contributed by atoms with Crippen LogP contribution in [-0.4, -0.2) is 25.2 Å². The molecule has 2 aromatic heterocycles. The molecule has 0 saturated heterocycles. The van der Waals surface area contributed by atoms with Gasteiger partial charge in [-0.3, -0.25) is 9.97 Å². The van der Waals surface area contributed by atoms with Gasteiger partial charge in [0.15, 0.2) is 0 Å². The molecule has 0 bridgehead atoms. The molecule has 251 valence electrons. The van der Waals surface area contributed by atoms with Gasteiger partial charge in [-0.15, -0.1) is 71.8 Å². The van der Waals surface area contributed by atoms with Crippen molar-refractivity contribution < 1.29 is 24.8 Å². The zero-order valence-corrected chi connectivity index (χ0v) is 31.6. The Labute approximate surface area is 300 Å². The van der Waals surface area contributed by atoms with Crippen molar-refractivity contribution in [3.8, 4) is 34.2 Å². The summed E-state index contributed by atoms with van der Waals surface area (Å²) < 4.78 is 10.4. The van der Waals surface area contributed by atoms with Gasteiger partial charge >= 0.3 is 0 Å². The van der Waals surface area contributed by atoms with Gasteiger partial charge in [-0.25, -0.2) is 0 Å². The van der Waals surface area contributed by atoms with E-state index in [9.17, 15) is 0 Å². The molecule has 0 N–H and O–H groups in total. The summed E-state index contributed by atoms with van der Waals surface area (Å²) in [4.78, 5) is 9.06. The SMILES string of the molecule is CCCC(CC)OCc1cc(C)c(-n2ccnc2-c2[c-]cccc2)c(C)c1.Cc1cc(C)c(-n2ccnc2-c2[c-]cccc2)c(C)c1.[Ir]. The van der Waals surface area contributed by atoms with Crippen molar-refractivity contribution in [2.45, 2.75) is 80.4 Å². The summed E-state index contributed by atoms with van der Waals surface area (Å²) in [6, 6.07) is 31.3. The first-order valence-electron chi connectivity index (χ1n) is 16.6. The van der Waals surface area contributed by atoms with E-state index >= 15 is 0 Å². The second-order valence-electron chi connectivity index (χ2n) is 12.2. The Morgan fingerprint density at radius 1 is 0.688 bits per heavy atom. The van der Waals surface area contributed by atoms with Gasteiger partial charge in [-0.05, 0) is 75.3 Å². The number of imidazole rings is 2. The normalized spacial score (nSPS) is 11.4. The van der Waals surface area contributed by atoms with Gasteiger partial charge in [0.05, 0.1) is 24.4 Å². The minimum absolute atomic E-state index is 0. The number of nitrogens with zero attached hydrogens (tertiary/aromatic N) is 4. The topological polar surface area (TPSA) is 44.9 Å². The fourth-order valence-corrected chi connectivity index (χ4v) is 6.43. The molecular formula is C42H46IrN4O-2. The van der Waals surface area contributed by atoms with Gasteiger partial charge in [0.25, 0.3) is 0 Å². The van der Waals surface area contributed by atoms with Crippen LogP contribution in [0.3, 0.4) is 0 Å². The van der Waals surface area contributed by atoms with Gasteiger partial charge in [0, 0.05) is 56.3 Å². The fourth-order valence-electron chi connectivity index (χ4n) is 6.43. The standard InChI is InChI=1S/C24H29N2O.C18H17N2.Ir/c1-5-10-22(6-2)27-17-20-15-18(3)23(19(4)16-20)26-14-13-25-24(26)21-11-8-7-9-12-21;1-13-11-14(2)17(15(3)12-13)20-10-9-19-18(20)16-7-5-4-6-8-16;/h7-9,11,13-16,22H,5-6,10,17H2,1-4H3;4-7,9-12H,1-3H3;/q2*-1;. The molecule has 2 heterocycles. The molecule has 1 atom stereocenters. The summed E-state index contributed by atoms with van der Waals surface area (Å²) >= 11 is 0. The number of hydrogen-bond acceptors (Lipinski definition) is 3. The third-order valence-electron chi connectivity index (χ3n) is 8.40. The Kier molecular flexibility index (Phi) is 13.3. The molecule has 5 nitrogen and oxygen atoms in total. The second-order valence-corrected chi connectivity index (χ2v) is 12.2. The summed E-state index contributed by atoms with van der Waals surface area (Å²) in [6.45, 7) is 15.8. The van der Waals surface area contributed by atoms with Gasteiger partial charge < -0.3 is 13.9 Å². The molecule has 0 aliphatic rings. The van der Waals surface area contributed by atoms with Crippen LogP contribution in [0.25, 0.3) is 34.2 Å². The zero-order valence-electron chi connectivity index (χ0n) is 29.2. The average Bonchev–Trinajstić information content (AvgIpc) is 3.74. The number of aromatic nitrogens is 4. The van der Waals surface area contributed by atoms with Crippen molar-refractivity contribution in [2.24, 2.45) is 0 Å². The Bertz CT molecular complexity index is 1850. The Hall–Kier alpha value is -4.09. The van der Waals surface area contributed by atoms with Crippen LogP contribution in [0.5, 0.6) is 0 Å². The van der Waals surface area contributed by atoms with E-state index in [4.69, 9.17) is 4.74 Å². The third kappa shape index (κ3) is 8.68. The van der Waals surface area contributed by atoms with Crippen LogP contribution in [0.15, 0.2) is 97.6 Å². The average molecular weight is 815 g/mol. The van der Waals surface area contributed by atoms with E-state index in [1.807, 2.05) is 73.3 Å². The van der Waals surface area contributed by atoms with Crippen LogP contribution in [0, 0.1) is 46.8 Å². The van der Waals surface area contributed by atoms with E-state index in [1.165, 1.54) is 44.8 Å². The third-order valence-corrected chi connectivity index (χ3v) is 8.40. The van der Waals surface area contributed by atoms with E-state index in [1.54, 1.807) is 0 Å². The largest absolute Gasteiger partial charge is 0.374 e. The maximum atomic E-state index is 6.13. The van der Waals surface area contributed by atoms with E-state index in [2.05, 4.69) is 104 Å². The first kappa shape index (κ1) is 36.7. The van der Waals surface area contributed by atoms with Crippen LogP contribution in [-0.2, 0) is 31.4 Å². The predicted molar refractivity (Wildman–Crippen MR) is 193 cm³/mol. The zero-order chi connectivity index (χ0) is 33.3. The summed E-state index contributed by atoms with van der Waals surface area (Å²) in [5, 5.41) is 0. The first-order chi connectivity index (χ1) is 22.8. The maximum Gasteiger partial charge on any atom is 0.0720 e. The molecule has 48 heavy (non-hydrogen) atoms. The molecule has 4 aromatic carbocycles. The molecule has 6 heteroatoms. The Morgan fingerprint density at radius 3 is 1.58 bits per heavy atom. The number of hydrogen-bond donors (Lipinski definition) is 0. The molecule has 0 aliphatic heterocycles. The van der Waals surface area contributed by atoms with Crippen LogP contribution >= 0.6 is 0 Å². The smallest absolute Gasteiger partial charge is 0.0720 e. The fraction of sp³-hybridized carbons (Fsp3) is 0.286. The monoisotopic (exact) mass is 815 g/mol. The van der Waals surface area contributed by atoms with E-state index in [0.29, 0.717) is 12.7 Å². The van der Waals surface area contributed by atoms with Gasteiger partial charge in [-0.1, -0.05) is 50.1 Å². The maximum absolute atomic E-state index is 6.13. The molecule has 0 spiro atoms. The number of benzene rings is 4. The molecule has 1 unspecified atom stereocenters. The second kappa shape index (κ2) is 17.3. The minimum Gasteiger partial charge on any atom is -0.374 e. The molecular weight excluding hydrogens is 769 g/mol. The Balaban J connectivity index is 0.000000221. The van der Waals surface area contributed by atoms with Gasteiger partial charge in [0.2, 0.25) is 0 Å².